The second kappa shape index (κ2) is 7.19. The van der Waals surface area contributed by atoms with E-state index in [2.05, 4.69) is 61.8 Å². The van der Waals surface area contributed by atoms with Crippen molar-refractivity contribution in [1.29, 1.82) is 5.26 Å². The lowest BCUT2D eigenvalue weighted by Gasteiger charge is -2.25. The topological polar surface area (TPSA) is 33.0 Å². The summed E-state index contributed by atoms with van der Waals surface area (Å²) < 4.78 is 7.09. The number of nitriles is 1. The third kappa shape index (κ3) is 4.14. The largest absolute Gasteiger partial charge is 0.487 e. The van der Waals surface area contributed by atoms with E-state index in [-0.39, 0.29) is 5.41 Å². The van der Waals surface area contributed by atoms with Crippen molar-refractivity contribution in [3.63, 3.8) is 0 Å². The van der Waals surface area contributed by atoms with Crippen LogP contribution in [0.3, 0.4) is 0 Å². The minimum Gasteiger partial charge on any atom is -0.487 e. The molecule has 0 unspecified atom stereocenters. The molecule has 0 amide bonds. The molecule has 0 radical (unpaired) electrons. The van der Waals surface area contributed by atoms with E-state index < -0.39 is 0 Å². The second-order valence-corrected chi connectivity index (χ2v) is 7.47. The number of benzene rings is 2. The third-order valence-electron chi connectivity index (χ3n) is 3.83. The van der Waals surface area contributed by atoms with E-state index in [1.165, 1.54) is 11.1 Å². The van der Waals surface area contributed by atoms with E-state index in [1.54, 1.807) is 0 Å². The van der Waals surface area contributed by atoms with Crippen molar-refractivity contribution >= 4 is 15.9 Å². The molecule has 0 heterocycles. The van der Waals surface area contributed by atoms with E-state index in [1.807, 2.05) is 24.3 Å². The molecule has 0 saturated heterocycles. The number of rotatable bonds is 4. The number of aryl methyl sites for hydroxylation is 1. The van der Waals surface area contributed by atoms with Gasteiger partial charge in [-0.1, -0.05) is 52.0 Å². The molecule has 0 atom stereocenters. The van der Waals surface area contributed by atoms with Crippen LogP contribution >= 0.6 is 15.9 Å². The molecule has 2 aromatic rings. The number of nitrogens with zero attached hydrogens (tertiary/aromatic N) is 1. The first-order valence-corrected chi connectivity index (χ1v) is 8.59. The van der Waals surface area contributed by atoms with Crippen molar-refractivity contribution < 1.29 is 4.74 Å². The third-order valence-corrected chi connectivity index (χ3v) is 4.42. The molecule has 0 fully saturated rings. The molecule has 2 rings (SSSR count). The van der Waals surface area contributed by atoms with Gasteiger partial charge in [0.2, 0.25) is 0 Å². The molecular weight excluding hydrogens is 350 g/mol. The van der Waals surface area contributed by atoms with Gasteiger partial charge in [0.15, 0.2) is 0 Å². The highest BCUT2D eigenvalue weighted by Gasteiger charge is 2.22. The van der Waals surface area contributed by atoms with Gasteiger partial charge in [0.1, 0.15) is 12.4 Å². The van der Waals surface area contributed by atoms with Gasteiger partial charge < -0.3 is 4.74 Å². The van der Waals surface area contributed by atoms with Gasteiger partial charge in [0, 0.05) is 11.1 Å². The summed E-state index contributed by atoms with van der Waals surface area (Å²) in [5.74, 6) is 0.863. The summed E-state index contributed by atoms with van der Waals surface area (Å²) in [6.07, 6.45) is 0.985. The first kappa shape index (κ1) is 17.6. The van der Waals surface area contributed by atoms with Gasteiger partial charge >= 0.3 is 0 Å². The Hall–Kier alpha value is -1.79. The number of hydrogen-bond donors (Lipinski definition) is 0. The molecule has 120 valence electrons. The molecule has 23 heavy (non-hydrogen) atoms. The van der Waals surface area contributed by atoms with Gasteiger partial charge in [-0.25, -0.2) is 0 Å². The lowest BCUT2D eigenvalue weighted by molar-refractivity contribution is 0.295. The van der Waals surface area contributed by atoms with Gasteiger partial charge in [0.25, 0.3) is 0 Å². The van der Waals surface area contributed by atoms with E-state index in [4.69, 9.17) is 4.74 Å². The Labute approximate surface area is 147 Å². The monoisotopic (exact) mass is 371 g/mol. The quantitative estimate of drug-likeness (QED) is 0.684. The minimum atomic E-state index is -0.0161. The number of ether oxygens (including phenoxy) is 1. The lowest BCUT2D eigenvalue weighted by Crippen LogP contribution is -2.14. The van der Waals surface area contributed by atoms with Crippen LogP contribution in [-0.2, 0) is 18.4 Å². The summed E-state index contributed by atoms with van der Waals surface area (Å²) in [5, 5.41) is 9.21. The Morgan fingerprint density at radius 1 is 1.17 bits per heavy atom. The van der Waals surface area contributed by atoms with Crippen molar-refractivity contribution in [2.75, 3.05) is 0 Å². The average Bonchev–Trinajstić information content (AvgIpc) is 2.52. The molecule has 2 nitrogen and oxygen atoms in total. The van der Waals surface area contributed by atoms with Gasteiger partial charge in [-0.05, 0) is 45.5 Å². The zero-order valence-electron chi connectivity index (χ0n) is 14.1. The number of halogens is 1. The van der Waals surface area contributed by atoms with Crippen LogP contribution in [0.15, 0.2) is 40.9 Å². The molecule has 0 aliphatic carbocycles. The van der Waals surface area contributed by atoms with Crippen molar-refractivity contribution in [3.05, 3.63) is 63.1 Å². The molecule has 0 spiro atoms. The summed E-state index contributed by atoms with van der Waals surface area (Å²) in [6.45, 7) is 9.09. The molecule has 3 heteroatoms. The Morgan fingerprint density at radius 3 is 2.48 bits per heavy atom. The molecule has 0 bridgehead atoms. The normalized spacial score (nSPS) is 11.1. The zero-order chi connectivity index (χ0) is 17.0. The summed E-state index contributed by atoms with van der Waals surface area (Å²) in [6, 6.07) is 14.1. The summed E-state index contributed by atoms with van der Waals surface area (Å²) in [4.78, 5) is 0. The van der Waals surface area contributed by atoms with Gasteiger partial charge in [-0.15, -0.1) is 0 Å². The molecular formula is C20H22BrNO. The first-order chi connectivity index (χ1) is 10.9. The predicted molar refractivity (Wildman–Crippen MR) is 97.7 cm³/mol. The molecule has 0 aromatic heterocycles. The Kier molecular flexibility index (Phi) is 5.49. The maximum atomic E-state index is 9.21. The number of hydrogen-bond acceptors (Lipinski definition) is 2. The van der Waals surface area contributed by atoms with E-state index in [0.29, 0.717) is 12.2 Å². The van der Waals surface area contributed by atoms with Gasteiger partial charge in [0.05, 0.1) is 16.1 Å². The summed E-state index contributed by atoms with van der Waals surface area (Å²) in [7, 11) is 0. The maximum Gasteiger partial charge on any atom is 0.137 e. The average molecular weight is 372 g/mol. The summed E-state index contributed by atoms with van der Waals surface area (Å²) >= 11 is 3.65. The fourth-order valence-corrected chi connectivity index (χ4v) is 3.08. The SMILES string of the molecule is CCc1cc(Br)c(OCc2ccccc2C#N)c(C(C)(C)C)c1. The minimum absolute atomic E-state index is 0.0161. The summed E-state index contributed by atoms with van der Waals surface area (Å²) in [5.41, 5.74) is 4.01. The Balaban J connectivity index is 2.38. The fourth-order valence-electron chi connectivity index (χ4n) is 2.46. The fraction of sp³-hybridized carbons (Fsp3) is 0.350. The Morgan fingerprint density at radius 2 is 1.87 bits per heavy atom. The van der Waals surface area contributed by atoms with E-state index >= 15 is 0 Å². The molecule has 0 saturated carbocycles. The second-order valence-electron chi connectivity index (χ2n) is 6.62. The van der Waals surface area contributed by atoms with Crippen LogP contribution in [0.1, 0.15) is 49.9 Å². The molecule has 0 N–H and O–H groups in total. The molecule has 2 aromatic carbocycles. The standard InChI is InChI=1S/C20H22BrNO/c1-5-14-10-17(20(2,3)4)19(18(21)11-14)23-13-16-9-7-6-8-15(16)12-22/h6-11H,5,13H2,1-4H3. The van der Waals surface area contributed by atoms with Crippen molar-refractivity contribution in [2.24, 2.45) is 0 Å². The van der Waals surface area contributed by atoms with Crippen molar-refractivity contribution in [1.82, 2.24) is 0 Å². The van der Waals surface area contributed by atoms with Crippen molar-refractivity contribution in [3.8, 4) is 11.8 Å². The van der Waals surface area contributed by atoms with Crippen molar-refractivity contribution in [2.45, 2.75) is 46.1 Å². The van der Waals surface area contributed by atoms with Crippen LogP contribution in [-0.4, -0.2) is 0 Å². The van der Waals surface area contributed by atoms with Crippen LogP contribution in [0.2, 0.25) is 0 Å². The smallest absolute Gasteiger partial charge is 0.137 e. The zero-order valence-corrected chi connectivity index (χ0v) is 15.7. The highest BCUT2D eigenvalue weighted by Crippen LogP contribution is 2.38. The first-order valence-electron chi connectivity index (χ1n) is 7.80. The van der Waals surface area contributed by atoms with Gasteiger partial charge in [-0.3, -0.25) is 0 Å². The lowest BCUT2D eigenvalue weighted by atomic mass is 9.85. The van der Waals surface area contributed by atoms with E-state index in [0.717, 1.165) is 22.2 Å². The van der Waals surface area contributed by atoms with Crippen LogP contribution in [0, 0.1) is 11.3 Å². The molecule has 0 aliphatic heterocycles. The van der Waals surface area contributed by atoms with Crippen LogP contribution in [0.5, 0.6) is 5.75 Å². The predicted octanol–water partition coefficient (Wildman–Crippen LogP) is 5.76. The van der Waals surface area contributed by atoms with E-state index in [9.17, 15) is 5.26 Å². The highest BCUT2D eigenvalue weighted by molar-refractivity contribution is 9.10. The highest BCUT2D eigenvalue weighted by atomic mass is 79.9. The molecule has 0 aliphatic rings. The Bertz CT molecular complexity index is 738. The van der Waals surface area contributed by atoms with Crippen LogP contribution < -0.4 is 4.74 Å². The van der Waals surface area contributed by atoms with Gasteiger partial charge in [-0.2, -0.15) is 5.26 Å². The maximum absolute atomic E-state index is 9.21. The van der Waals surface area contributed by atoms with Crippen LogP contribution in [0.25, 0.3) is 0 Å². The van der Waals surface area contributed by atoms with Crippen LogP contribution in [0.4, 0.5) is 0 Å².